The molecule has 3 unspecified atom stereocenters. The summed E-state index contributed by atoms with van der Waals surface area (Å²) in [6.07, 6.45) is 2.17. The highest BCUT2D eigenvalue weighted by molar-refractivity contribution is 8.10. The van der Waals surface area contributed by atoms with Gasteiger partial charge in [-0.15, -0.1) is 15.8 Å². The van der Waals surface area contributed by atoms with Crippen LogP contribution in [-0.2, 0) is 10.5 Å². The number of carboxylic acid groups (broad SMARTS) is 1. The summed E-state index contributed by atoms with van der Waals surface area (Å²) in [6.45, 7) is 5.04. The average Bonchev–Trinajstić information content (AvgIpc) is 3.52. The monoisotopic (exact) mass is 525 g/mol. The lowest BCUT2D eigenvalue weighted by Crippen LogP contribution is -2.63. The Kier molecular flexibility index (Phi) is 6.68. The van der Waals surface area contributed by atoms with Crippen LogP contribution in [0.5, 0.6) is 0 Å². The number of amides is 2. The summed E-state index contributed by atoms with van der Waals surface area (Å²) in [6, 6.07) is 9.30. The van der Waals surface area contributed by atoms with Crippen molar-refractivity contribution in [2.75, 3.05) is 19.6 Å². The predicted molar refractivity (Wildman–Crippen MR) is 141 cm³/mol. The van der Waals surface area contributed by atoms with Crippen LogP contribution >= 0.6 is 23.3 Å². The van der Waals surface area contributed by atoms with Crippen LogP contribution in [0.15, 0.2) is 47.0 Å². The number of aromatic nitrogens is 2. The second-order valence-electron chi connectivity index (χ2n) is 9.00. The number of carbonyl (C=O) groups is 2. The molecule has 2 aromatic heterocycles. The van der Waals surface area contributed by atoms with Gasteiger partial charge in [0.05, 0.1) is 32.4 Å². The number of aliphatic carboxylic acids is 1. The first kappa shape index (κ1) is 24.6. The number of pyridine rings is 1. The van der Waals surface area contributed by atoms with Crippen LogP contribution in [0.3, 0.4) is 0 Å². The van der Waals surface area contributed by atoms with Gasteiger partial charge in [-0.1, -0.05) is 6.07 Å². The van der Waals surface area contributed by atoms with Crippen molar-refractivity contribution >= 4 is 51.0 Å². The fourth-order valence-corrected chi connectivity index (χ4v) is 6.72. The maximum atomic E-state index is 12.7. The van der Waals surface area contributed by atoms with E-state index in [4.69, 9.17) is 4.99 Å². The van der Waals surface area contributed by atoms with Crippen LogP contribution in [0.25, 0.3) is 21.5 Å². The van der Waals surface area contributed by atoms with Gasteiger partial charge in [0.1, 0.15) is 0 Å². The second-order valence-corrected chi connectivity index (χ2v) is 10.6. The number of piperidine rings is 1. The molecule has 5 rings (SSSR count). The van der Waals surface area contributed by atoms with Crippen molar-refractivity contribution < 1.29 is 14.7 Å². The van der Waals surface area contributed by atoms with E-state index in [-0.39, 0.29) is 6.03 Å². The van der Waals surface area contributed by atoms with Crippen LogP contribution in [0, 0.1) is 11.3 Å². The molecular weight excluding hydrogens is 498 g/mol. The summed E-state index contributed by atoms with van der Waals surface area (Å²) in [5.74, 6) is -1.41. The average molecular weight is 526 g/mol. The highest BCUT2D eigenvalue weighted by atomic mass is 32.2. The number of hydrazine groups is 1. The molecule has 0 spiro atoms. The Morgan fingerprint density at radius 3 is 2.92 bits per heavy atom. The molecule has 4 N–H and O–H groups in total. The Hall–Kier alpha value is -3.06. The first-order chi connectivity index (χ1) is 17.4. The molecule has 36 heavy (non-hydrogen) atoms. The van der Waals surface area contributed by atoms with Gasteiger partial charge in [-0.05, 0) is 68.6 Å². The van der Waals surface area contributed by atoms with E-state index in [0.717, 1.165) is 27.0 Å². The van der Waals surface area contributed by atoms with Gasteiger partial charge in [-0.3, -0.25) is 20.2 Å². The van der Waals surface area contributed by atoms with Crippen molar-refractivity contribution in [3.8, 4) is 11.3 Å². The molecule has 12 heteroatoms. The molecule has 4 heterocycles. The molecule has 3 atom stereocenters. The quantitative estimate of drug-likeness (QED) is 0.360. The Morgan fingerprint density at radius 2 is 2.17 bits per heavy atom. The standard InChI is InChI=1S/C24H27N7O3S2/c1-3-26-22(34)30-31-24(29-14-36-31,19-12-25-9-7-23(19,2)21(32)33)15-10-16(17-6-4-5-8-27-17)20-18(11-15)28-13-35-20/h4-6,8,10-11,13-14,19,25H,3,7,9,12H2,1-2H3,(H,32,33)(H2,26,30,34). The van der Waals surface area contributed by atoms with Gasteiger partial charge in [0, 0.05) is 30.8 Å². The third kappa shape index (κ3) is 4.03. The van der Waals surface area contributed by atoms with Crippen LogP contribution in [0.2, 0.25) is 0 Å². The SMILES string of the molecule is CCNC(=O)NN1SC=NC1(c1cc(-c2ccccn2)c2scnc2c1)C1CNCCC1(C)C(=O)O. The van der Waals surface area contributed by atoms with Crippen LogP contribution < -0.4 is 16.1 Å². The van der Waals surface area contributed by atoms with Crippen molar-refractivity contribution in [2.24, 2.45) is 16.3 Å². The van der Waals surface area contributed by atoms with Crippen LogP contribution in [0.4, 0.5) is 4.79 Å². The Labute approximate surface area is 216 Å². The minimum Gasteiger partial charge on any atom is -0.481 e. The molecule has 0 aliphatic carbocycles. The minimum atomic E-state index is -1.21. The lowest BCUT2D eigenvalue weighted by Gasteiger charge is -2.49. The van der Waals surface area contributed by atoms with Gasteiger partial charge in [0.15, 0.2) is 5.66 Å². The number of fused-ring (bicyclic) bond motifs is 1. The smallest absolute Gasteiger partial charge is 0.330 e. The molecule has 0 bridgehead atoms. The second kappa shape index (κ2) is 9.77. The Bertz CT molecular complexity index is 1320. The number of carboxylic acids is 1. The fraction of sp³-hybridized carbons (Fsp3) is 0.375. The maximum Gasteiger partial charge on any atom is 0.330 e. The normalized spacial score (nSPS) is 26.2. The van der Waals surface area contributed by atoms with Gasteiger partial charge in [0.2, 0.25) is 0 Å². The molecule has 0 radical (unpaired) electrons. The summed E-state index contributed by atoms with van der Waals surface area (Å²) >= 11 is 2.75. The fourth-order valence-electron chi connectivity index (χ4n) is 5.04. The van der Waals surface area contributed by atoms with Crippen molar-refractivity contribution in [3.63, 3.8) is 0 Å². The van der Waals surface area contributed by atoms with Crippen LogP contribution in [-0.4, -0.2) is 56.7 Å². The number of hydrogen-bond acceptors (Lipinski definition) is 9. The number of carbonyl (C=O) groups excluding carboxylic acids is 1. The zero-order chi connectivity index (χ0) is 25.3. The summed E-state index contributed by atoms with van der Waals surface area (Å²) < 4.78 is 2.65. The molecular formula is C24H27N7O3S2. The number of nitrogens with one attached hydrogen (secondary N) is 3. The van der Waals surface area contributed by atoms with Gasteiger partial charge >= 0.3 is 12.0 Å². The maximum absolute atomic E-state index is 12.7. The van der Waals surface area contributed by atoms with E-state index >= 15 is 0 Å². The highest BCUT2D eigenvalue weighted by Gasteiger charge is 2.59. The predicted octanol–water partition coefficient (Wildman–Crippen LogP) is 3.44. The van der Waals surface area contributed by atoms with E-state index in [0.29, 0.717) is 26.1 Å². The molecule has 2 aliphatic heterocycles. The van der Waals surface area contributed by atoms with Gasteiger partial charge in [0.25, 0.3) is 0 Å². The summed E-state index contributed by atoms with van der Waals surface area (Å²) in [4.78, 5) is 39.4. The van der Waals surface area contributed by atoms with Crippen molar-refractivity contribution in [3.05, 3.63) is 47.6 Å². The van der Waals surface area contributed by atoms with E-state index in [1.807, 2.05) is 37.3 Å². The summed E-state index contributed by atoms with van der Waals surface area (Å²) in [5.41, 5.74) is 7.22. The number of aliphatic imine (C=N–C) groups is 1. The molecule has 2 aliphatic rings. The third-order valence-electron chi connectivity index (χ3n) is 6.96. The van der Waals surface area contributed by atoms with E-state index in [1.165, 1.54) is 23.3 Å². The highest BCUT2D eigenvalue weighted by Crippen LogP contribution is 2.53. The number of nitrogens with zero attached hydrogens (tertiary/aromatic N) is 4. The lowest BCUT2D eigenvalue weighted by molar-refractivity contribution is -0.158. The molecule has 188 valence electrons. The number of thiazole rings is 1. The number of rotatable bonds is 6. The van der Waals surface area contributed by atoms with Gasteiger partial charge in [-0.25, -0.2) is 9.78 Å². The molecule has 2 amide bonds. The lowest BCUT2D eigenvalue weighted by atomic mass is 9.65. The molecule has 0 saturated carbocycles. The first-order valence-corrected chi connectivity index (χ1v) is 13.4. The molecule has 1 fully saturated rings. The number of hydrogen-bond donors (Lipinski definition) is 4. The largest absolute Gasteiger partial charge is 0.481 e. The van der Waals surface area contributed by atoms with Crippen molar-refractivity contribution in [2.45, 2.75) is 25.9 Å². The van der Waals surface area contributed by atoms with Gasteiger partial charge < -0.3 is 15.7 Å². The topological polar surface area (TPSA) is 132 Å². The Morgan fingerprint density at radius 1 is 1.31 bits per heavy atom. The third-order valence-corrected chi connectivity index (χ3v) is 8.62. The van der Waals surface area contributed by atoms with Crippen LogP contribution in [0.1, 0.15) is 25.8 Å². The Balaban J connectivity index is 1.74. The molecule has 3 aromatic rings. The van der Waals surface area contributed by atoms with E-state index in [2.05, 4.69) is 26.0 Å². The van der Waals surface area contributed by atoms with Gasteiger partial charge in [-0.2, -0.15) is 0 Å². The zero-order valence-corrected chi connectivity index (χ0v) is 21.5. The van der Waals surface area contributed by atoms with E-state index in [1.54, 1.807) is 28.6 Å². The van der Waals surface area contributed by atoms with E-state index < -0.39 is 23.0 Å². The molecule has 1 aromatic carbocycles. The summed E-state index contributed by atoms with van der Waals surface area (Å²) in [7, 11) is 0. The molecule has 10 nitrogen and oxygen atoms in total. The first-order valence-electron chi connectivity index (χ1n) is 11.7. The molecule has 1 saturated heterocycles. The number of urea groups is 1. The zero-order valence-electron chi connectivity index (χ0n) is 19.9. The van der Waals surface area contributed by atoms with Crippen molar-refractivity contribution in [1.29, 1.82) is 0 Å². The number of benzene rings is 1. The summed E-state index contributed by atoms with van der Waals surface area (Å²) in [5, 5.41) is 16.5. The van der Waals surface area contributed by atoms with Crippen molar-refractivity contribution in [1.82, 2.24) is 30.4 Å². The minimum absolute atomic E-state index is 0.389. The van der Waals surface area contributed by atoms with E-state index in [9.17, 15) is 14.7 Å².